The number of unbranched alkanes of at least 4 members (excludes halogenated alkanes) is 1. The van der Waals surface area contributed by atoms with Crippen molar-refractivity contribution in [2.24, 2.45) is 0 Å². The largest absolute Gasteiger partial charge is 0.367 e. The average molecular weight is 188 g/mol. The summed E-state index contributed by atoms with van der Waals surface area (Å²) in [5.74, 6) is 0. The Morgan fingerprint density at radius 3 is 2.46 bits per heavy atom. The third-order valence-corrected chi connectivity index (χ3v) is 2.04. The van der Waals surface area contributed by atoms with Crippen LogP contribution < -0.4 is 5.32 Å². The first-order chi connectivity index (χ1) is 6.20. The molecule has 0 radical (unpaired) electrons. The average Bonchev–Trinajstić information content (AvgIpc) is 2.10. The number of nitrogens with one attached hydrogen (secondary N) is 1. The summed E-state index contributed by atoms with van der Waals surface area (Å²) < 4.78 is 5.27. The Hall–Kier alpha value is -0.120. The van der Waals surface area contributed by atoms with Crippen LogP contribution in [0.1, 0.15) is 26.2 Å². The van der Waals surface area contributed by atoms with Gasteiger partial charge in [0.2, 0.25) is 0 Å². The lowest BCUT2D eigenvalue weighted by Gasteiger charge is -2.16. The van der Waals surface area contributed by atoms with E-state index in [-0.39, 0.29) is 6.23 Å². The molecule has 80 valence electrons. The Bertz CT molecular complexity index is 107. The van der Waals surface area contributed by atoms with E-state index in [1.165, 1.54) is 19.4 Å². The second kappa shape index (κ2) is 8.48. The predicted octanol–water partition coefficient (Wildman–Crippen LogP) is 1.30. The molecular weight excluding hydrogens is 164 g/mol. The molecule has 0 rings (SSSR count). The lowest BCUT2D eigenvalue weighted by molar-refractivity contribution is 0.0659. The normalized spacial score (nSPS) is 13.6. The molecule has 0 heterocycles. The Balaban J connectivity index is 3.27. The minimum absolute atomic E-state index is 0.243. The van der Waals surface area contributed by atoms with Gasteiger partial charge in [-0.1, -0.05) is 6.92 Å². The standard InChI is InChI=1S/C10H24N2O/c1-5-11-10(13-4)8-6-7-9-12(2)3/h10-11H,5-9H2,1-4H3. The van der Waals surface area contributed by atoms with Gasteiger partial charge in [0.15, 0.2) is 0 Å². The molecule has 0 amide bonds. The van der Waals surface area contributed by atoms with E-state index < -0.39 is 0 Å². The zero-order valence-electron chi connectivity index (χ0n) is 9.47. The Kier molecular flexibility index (Phi) is 8.40. The van der Waals surface area contributed by atoms with Crippen LogP contribution in [0.15, 0.2) is 0 Å². The number of methoxy groups -OCH3 is 1. The van der Waals surface area contributed by atoms with Crippen molar-refractivity contribution >= 4 is 0 Å². The van der Waals surface area contributed by atoms with Crippen LogP contribution in [0.25, 0.3) is 0 Å². The van der Waals surface area contributed by atoms with Gasteiger partial charge in [0, 0.05) is 7.11 Å². The molecule has 0 saturated heterocycles. The van der Waals surface area contributed by atoms with Crippen molar-refractivity contribution in [3.8, 4) is 0 Å². The summed E-state index contributed by atoms with van der Waals surface area (Å²) >= 11 is 0. The smallest absolute Gasteiger partial charge is 0.107 e. The molecule has 0 aromatic heterocycles. The highest BCUT2D eigenvalue weighted by Crippen LogP contribution is 2.01. The summed E-state index contributed by atoms with van der Waals surface area (Å²) in [7, 11) is 5.98. The molecule has 3 nitrogen and oxygen atoms in total. The molecular formula is C10H24N2O. The fraction of sp³-hybridized carbons (Fsp3) is 1.00. The highest BCUT2D eigenvalue weighted by molar-refractivity contribution is 4.55. The molecule has 0 bridgehead atoms. The summed E-state index contributed by atoms with van der Waals surface area (Å²) in [6.07, 6.45) is 3.83. The molecule has 1 atom stereocenters. The van der Waals surface area contributed by atoms with Gasteiger partial charge in [-0.05, 0) is 46.4 Å². The van der Waals surface area contributed by atoms with Crippen molar-refractivity contribution in [2.45, 2.75) is 32.4 Å². The fourth-order valence-corrected chi connectivity index (χ4v) is 1.29. The number of nitrogens with zero attached hydrogens (tertiary/aromatic N) is 1. The van der Waals surface area contributed by atoms with Crippen molar-refractivity contribution in [3.05, 3.63) is 0 Å². The van der Waals surface area contributed by atoms with E-state index in [1.807, 2.05) is 0 Å². The first kappa shape index (κ1) is 12.9. The maximum absolute atomic E-state index is 5.27. The van der Waals surface area contributed by atoms with Gasteiger partial charge in [-0.2, -0.15) is 0 Å². The molecule has 0 saturated carbocycles. The highest BCUT2D eigenvalue weighted by atomic mass is 16.5. The zero-order valence-corrected chi connectivity index (χ0v) is 9.47. The minimum atomic E-state index is 0.243. The fourth-order valence-electron chi connectivity index (χ4n) is 1.29. The number of rotatable bonds is 8. The third kappa shape index (κ3) is 8.22. The van der Waals surface area contributed by atoms with Gasteiger partial charge in [-0.3, -0.25) is 5.32 Å². The number of ether oxygens (including phenoxy) is 1. The van der Waals surface area contributed by atoms with E-state index in [9.17, 15) is 0 Å². The van der Waals surface area contributed by atoms with Crippen LogP contribution in [-0.2, 0) is 4.74 Å². The van der Waals surface area contributed by atoms with Crippen LogP contribution in [-0.4, -0.2) is 45.4 Å². The van der Waals surface area contributed by atoms with E-state index in [0.29, 0.717) is 0 Å². The van der Waals surface area contributed by atoms with Crippen molar-refractivity contribution in [1.82, 2.24) is 10.2 Å². The Morgan fingerprint density at radius 2 is 2.00 bits per heavy atom. The summed E-state index contributed by atoms with van der Waals surface area (Å²) in [5, 5.41) is 3.28. The summed E-state index contributed by atoms with van der Waals surface area (Å²) in [6.45, 7) is 4.25. The van der Waals surface area contributed by atoms with Crippen LogP contribution in [0.4, 0.5) is 0 Å². The lowest BCUT2D eigenvalue weighted by Crippen LogP contribution is -2.30. The molecule has 0 aliphatic rings. The molecule has 13 heavy (non-hydrogen) atoms. The quantitative estimate of drug-likeness (QED) is 0.459. The monoisotopic (exact) mass is 188 g/mol. The van der Waals surface area contributed by atoms with E-state index in [2.05, 4.69) is 31.2 Å². The van der Waals surface area contributed by atoms with Gasteiger partial charge in [0.25, 0.3) is 0 Å². The number of hydrogen-bond donors (Lipinski definition) is 1. The SMILES string of the molecule is CCNC(CCCCN(C)C)OC. The van der Waals surface area contributed by atoms with Gasteiger partial charge >= 0.3 is 0 Å². The van der Waals surface area contributed by atoms with Crippen LogP contribution in [0.2, 0.25) is 0 Å². The zero-order chi connectivity index (χ0) is 10.1. The minimum Gasteiger partial charge on any atom is -0.367 e. The first-order valence-corrected chi connectivity index (χ1v) is 5.11. The van der Waals surface area contributed by atoms with E-state index in [1.54, 1.807) is 7.11 Å². The van der Waals surface area contributed by atoms with Crippen LogP contribution >= 0.6 is 0 Å². The molecule has 1 N–H and O–H groups in total. The topological polar surface area (TPSA) is 24.5 Å². The maximum atomic E-state index is 5.27. The van der Waals surface area contributed by atoms with E-state index >= 15 is 0 Å². The van der Waals surface area contributed by atoms with Crippen molar-refractivity contribution < 1.29 is 4.74 Å². The molecule has 3 heteroatoms. The highest BCUT2D eigenvalue weighted by Gasteiger charge is 2.03. The second-order valence-corrected chi connectivity index (χ2v) is 3.58. The van der Waals surface area contributed by atoms with Gasteiger partial charge in [0.05, 0.1) is 0 Å². The van der Waals surface area contributed by atoms with Crippen LogP contribution in [0.3, 0.4) is 0 Å². The Morgan fingerprint density at radius 1 is 1.31 bits per heavy atom. The van der Waals surface area contributed by atoms with Crippen LogP contribution in [0.5, 0.6) is 0 Å². The first-order valence-electron chi connectivity index (χ1n) is 5.11. The molecule has 0 aromatic carbocycles. The van der Waals surface area contributed by atoms with E-state index in [4.69, 9.17) is 4.74 Å². The Labute approximate surface area is 82.4 Å². The van der Waals surface area contributed by atoms with Crippen molar-refractivity contribution in [2.75, 3.05) is 34.3 Å². The molecule has 0 spiro atoms. The predicted molar refractivity (Wildman–Crippen MR) is 56.9 cm³/mol. The molecule has 0 fully saturated rings. The second-order valence-electron chi connectivity index (χ2n) is 3.58. The molecule has 0 aliphatic carbocycles. The third-order valence-electron chi connectivity index (χ3n) is 2.04. The van der Waals surface area contributed by atoms with Crippen molar-refractivity contribution in [1.29, 1.82) is 0 Å². The summed E-state index contributed by atoms with van der Waals surface area (Å²) in [5.41, 5.74) is 0. The molecule has 0 aromatic rings. The van der Waals surface area contributed by atoms with E-state index in [0.717, 1.165) is 13.0 Å². The van der Waals surface area contributed by atoms with Gasteiger partial charge in [0.1, 0.15) is 6.23 Å². The van der Waals surface area contributed by atoms with Gasteiger partial charge < -0.3 is 9.64 Å². The summed E-state index contributed by atoms with van der Waals surface area (Å²) in [4.78, 5) is 2.22. The molecule has 0 aliphatic heterocycles. The number of hydrogen-bond acceptors (Lipinski definition) is 3. The van der Waals surface area contributed by atoms with Crippen LogP contribution in [0, 0.1) is 0 Å². The maximum Gasteiger partial charge on any atom is 0.107 e. The molecule has 1 unspecified atom stereocenters. The van der Waals surface area contributed by atoms with Gasteiger partial charge in [-0.25, -0.2) is 0 Å². The summed E-state index contributed by atoms with van der Waals surface area (Å²) in [6, 6.07) is 0. The lowest BCUT2D eigenvalue weighted by atomic mass is 10.2. The van der Waals surface area contributed by atoms with Crippen molar-refractivity contribution in [3.63, 3.8) is 0 Å². The van der Waals surface area contributed by atoms with Gasteiger partial charge in [-0.15, -0.1) is 0 Å².